The summed E-state index contributed by atoms with van der Waals surface area (Å²) in [7, 11) is 0. The van der Waals surface area contributed by atoms with Crippen molar-refractivity contribution in [2.45, 2.75) is 52.5 Å². The first-order valence-corrected chi connectivity index (χ1v) is 8.98. The molecule has 1 aliphatic heterocycles. The fraction of sp³-hybridized carbons (Fsp3) is 0.450. The summed E-state index contributed by atoms with van der Waals surface area (Å²) < 4.78 is 1.78. The Kier molecular flexibility index (Phi) is 5.02. The number of piperidine rings is 1. The average Bonchev–Trinajstić information content (AvgIpc) is 3.03. The Labute approximate surface area is 148 Å². The number of benzene rings is 1. The first-order chi connectivity index (χ1) is 12.0. The molecule has 0 bridgehead atoms. The normalized spacial score (nSPS) is 17.6. The van der Waals surface area contributed by atoms with Gasteiger partial charge in [-0.1, -0.05) is 24.6 Å². The van der Waals surface area contributed by atoms with Gasteiger partial charge in [-0.2, -0.15) is 5.10 Å². The monoisotopic (exact) mass is 339 g/mol. The van der Waals surface area contributed by atoms with Crippen LogP contribution in [0.1, 0.15) is 54.4 Å². The standard InChI is InChI=1S/C20H25N3O2/c1-4-19(24)18-7-5-6-12-22(18)20(25)17-13-15(3)23(21-17)16-10-8-14(2)9-11-16/h8-11,13,18H,4-7,12H2,1-3H3. The lowest BCUT2D eigenvalue weighted by molar-refractivity contribution is -0.124. The third-order valence-electron chi connectivity index (χ3n) is 4.87. The molecule has 1 aliphatic rings. The van der Waals surface area contributed by atoms with Gasteiger partial charge < -0.3 is 4.90 Å². The summed E-state index contributed by atoms with van der Waals surface area (Å²) in [6.07, 6.45) is 3.16. The quantitative estimate of drug-likeness (QED) is 0.857. The summed E-state index contributed by atoms with van der Waals surface area (Å²) in [5.41, 5.74) is 3.43. The zero-order valence-electron chi connectivity index (χ0n) is 15.2. The van der Waals surface area contributed by atoms with Crippen LogP contribution in [0.3, 0.4) is 0 Å². The topological polar surface area (TPSA) is 55.2 Å². The first kappa shape index (κ1) is 17.4. The minimum Gasteiger partial charge on any atom is -0.327 e. The van der Waals surface area contributed by atoms with Gasteiger partial charge in [0.05, 0.1) is 11.7 Å². The van der Waals surface area contributed by atoms with Crippen LogP contribution in [0.2, 0.25) is 0 Å². The molecule has 1 fully saturated rings. The summed E-state index contributed by atoms with van der Waals surface area (Å²) in [5.74, 6) is 0.00296. The Balaban J connectivity index is 1.88. The van der Waals surface area contributed by atoms with Crippen LogP contribution >= 0.6 is 0 Å². The molecule has 2 aromatic rings. The van der Waals surface area contributed by atoms with Gasteiger partial charge >= 0.3 is 0 Å². The SMILES string of the molecule is CCC(=O)C1CCCCN1C(=O)c1cc(C)n(-c2ccc(C)cc2)n1. The molecule has 0 saturated carbocycles. The maximum Gasteiger partial charge on any atom is 0.274 e. The lowest BCUT2D eigenvalue weighted by Gasteiger charge is -2.34. The Morgan fingerprint density at radius 2 is 1.88 bits per heavy atom. The van der Waals surface area contributed by atoms with Gasteiger partial charge in [0.15, 0.2) is 11.5 Å². The van der Waals surface area contributed by atoms with Crippen LogP contribution in [0.5, 0.6) is 0 Å². The van der Waals surface area contributed by atoms with Crippen LogP contribution < -0.4 is 0 Å². The lowest BCUT2D eigenvalue weighted by atomic mass is 9.97. The molecular formula is C20H25N3O2. The number of nitrogens with zero attached hydrogens (tertiary/aromatic N) is 3. The summed E-state index contributed by atoms with van der Waals surface area (Å²) in [6, 6.07) is 9.56. The van der Waals surface area contributed by atoms with E-state index in [1.165, 1.54) is 5.56 Å². The highest BCUT2D eigenvalue weighted by Gasteiger charge is 2.32. The van der Waals surface area contributed by atoms with E-state index in [1.807, 2.05) is 51.1 Å². The highest BCUT2D eigenvalue weighted by molar-refractivity contribution is 5.96. The van der Waals surface area contributed by atoms with Crippen molar-refractivity contribution in [3.63, 3.8) is 0 Å². The predicted octanol–water partition coefficient (Wildman–Crippen LogP) is 3.46. The van der Waals surface area contributed by atoms with Crippen molar-refractivity contribution in [2.24, 2.45) is 0 Å². The number of Topliss-reactive ketones (excluding diaryl/α,β-unsaturated/α-hetero) is 1. The number of aryl methyl sites for hydroxylation is 2. The van der Waals surface area contributed by atoms with E-state index in [-0.39, 0.29) is 17.7 Å². The van der Waals surface area contributed by atoms with Crippen LogP contribution in [0.4, 0.5) is 0 Å². The van der Waals surface area contributed by atoms with Crippen LogP contribution in [0.15, 0.2) is 30.3 Å². The molecule has 1 atom stereocenters. The summed E-state index contributed by atoms with van der Waals surface area (Å²) in [6.45, 7) is 6.46. The van der Waals surface area contributed by atoms with Gasteiger partial charge in [0.25, 0.3) is 5.91 Å². The fourth-order valence-corrected chi connectivity index (χ4v) is 3.42. The molecule has 1 aromatic carbocycles. The molecule has 3 rings (SSSR count). The Hall–Kier alpha value is -2.43. The van der Waals surface area contributed by atoms with Crippen LogP contribution in [0, 0.1) is 13.8 Å². The molecule has 0 N–H and O–H groups in total. The number of hydrogen-bond donors (Lipinski definition) is 0. The van der Waals surface area contributed by atoms with E-state index < -0.39 is 0 Å². The highest BCUT2D eigenvalue weighted by atomic mass is 16.2. The van der Waals surface area contributed by atoms with Crippen LogP contribution in [0.25, 0.3) is 5.69 Å². The molecule has 5 heteroatoms. The molecule has 1 saturated heterocycles. The Morgan fingerprint density at radius 3 is 2.56 bits per heavy atom. The van der Waals surface area contributed by atoms with Gasteiger partial charge in [-0.05, 0) is 51.3 Å². The first-order valence-electron chi connectivity index (χ1n) is 8.98. The zero-order valence-corrected chi connectivity index (χ0v) is 15.2. The molecule has 5 nitrogen and oxygen atoms in total. The number of rotatable bonds is 4. The van der Waals surface area contributed by atoms with Gasteiger partial charge in [0.1, 0.15) is 0 Å². The van der Waals surface area contributed by atoms with E-state index in [2.05, 4.69) is 5.10 Å². The van der Waals surface area contributed by atoms with E-state index in [0.29, 0.717) is 18.7 Å². The number of ketones is 1. The molecule has 1 unspecified atom stereocenters. The van der Waals surface area contributed by atoms with Gasteiger partial charge in [0.2, 0.25) is 0 Å². The van der Waals surface area contributed by atoms with E-state index in [0.717, 1.165) is 30.6 Å². The van der Waals surface area contributed by atoms with E-state index in [4.69, 9.17) is 0 Å². The molecule has 25 heavy (non-hydrogen) atoms. The number of likely N-dealkylation sites (tertiary alicyclic amines) is 1. The number of aromatic nitrogens is 2. The second kappa shape index (κ2) is 7.21. The van der Waals surface area contributed by atoms with Gasteiger partial charge in [-0.25, -0.2) is 4.68 Å². The van der Waals surface area contributed by atoms with Crippen molar-refractivity contribution in [1.82, 2.24) is 14.7 Å². The lowest BCUT2D eigenvalue weighted by Crippen LogP contribution is -2.48. The smallest absolute Gasteiger partial charge is 0.274 e. The van der Waals surface area contributed by atoms with Crippen molar-refractivity contribution in [3.8, 4) is 5.69 Å². The number of carbonyl (C=O) groups is 2. The largest absolute Gasteiger partial charge is 0.327 e. The number of amides is 1. The highest BCUT2D eigenvalue weighted by Crippen LogP contribution is 2.22. The number of carbonyl (C=O) groups excluding carboxylic acids is 2. The van der Waals surface area contributed by atoms with Crippen molar-refractivity contribution >= 4 is 11.7 Å². The van der Waals surface area contributed by atoms with Crippen LogP contribution in [-0.4, -0.2) is 39.0 Å². The van der Waals surface area contributed by atoms with E-state index in [1.54, 1.807) is 9.58 Å². The fourth-order valence-electron chi connectivity index (χ4n) is 3.42. The molecule has 0 radical (unpaired) electrons. The molecule has 0 spiro atoms. The van der Waals surface area contributed by atoms with Crippen molar-refractivity contribution < 1.29 is 9.59 Å². The number of hydrogen-bond acceptors (Lipinski definition) is 3. The summed E-state index contributed by atoms with van der Waals surface area (Å²) in [4.78, 5) is 26.9. The van der Waals surface area contributed by atoms with Gasteiger partial charge in [-0.3, -0.25) is 9.59 Å². The third kappa shape index (κ3) is 3.50. The molecule has 2 heterocycles. The molecular weight excluding hydrogens is 314 g/mol. The molecule has 132 valence electrons. The minimum atomic E-state index is -0.295. The van der Waals surface area contributed by atoms with Crippen molar-refractivity contribution in [2.75, 3.05) is 6.54 Å². The van der Waals surface area contributed by atoms with E-state index in [9.17, 15) is 9.59 Å². The van der Waals surface area contributed by atoms with E-state index >= 15 is 0 Å². The van der Waals surface area contributed by atoms with Crippen molar-refractivity contribution in [3.05, 3.63) is 47.3 Å². The average molecular weight is 339 g/mol. The molecule has 1 aromatic heterocycles. The summed E-state index contributed by atoms with van der Waals surface area (Å²) >= 11 is 0. The predicted molar refractivity (Wildman–Crippen MR) is 97.0 cm³/mol. The maximum absolute atomic E-state index is 13.0. The Morgan fingerprint density at radius 1 is 1.16 bits per heavy atom. The van der Waals surface area contributed by atoms with Gasteiger partial charge in [0, 0.05) is 18.7 Å². The molecule has 1 amide bonds. The molecule has 0 aliphatic carbocycles. The van der Waals surface area contributed by atoms with Crippen LogP contribution in [-0.2, 0) is 4.79 Å². The van der Waals surface area contributed by atoms with Gasteiger partial charge in [-0.15, -0.1) is 0 Å². The van der Waals surface area contributed by atoms with Crippen molar-refractivity contribution in [1.29, 1.82) is 0 Å². The maximum atomic E-state index is 13.0. The zero-order chi connectivity index (χ0) is 18.0. The third-order valence-corrected chi connectivity index (χ3v) is 4.87. The Bertz CT molecular complexity index is 777. The second-order valence-corrected chi connectivity index (χ2v) is 6.75. The second-order valence-electron chi connectivity index (χ2n) is 6.75. The summed E-state index contributed by atoms with van der Waals surface area (Å²) in [5, 5.41) is 4.52. The minimum absolute atomic E-state index is 0.138.